The molecule has 3 rings (SSSR count). The number of nitrogens with one attached hydrogen (secondary N) is 1. The van der Waals surface area contributed by atoms with Crippen LogP contribution in [0.3, 0.4) is 0 Å². The van der Waals surface area contributed by atoms with Gasteiger partial charge in [-0.3, -0.25) is 15.0 Å². The zero-order valence-corrected chi connectivity index (χ0v) is 12.4. The Morgan fingerprint density at radius 3 is 2.68 bits per heavy atom. The summed E-state index contributed by atoms with van der Waals surface area (Å²) in [5.74, 6) is -1.86. The number of amides is 1. The quantitative estimate of drug-likeness (QED) is 0.848. The van der Waals surface area contributed by atoms with Gasteiger partial charge in [0.1, 0.15) is 0 Å². The maximum atomic E-state index is 13.2. The van der Waals surface area contributed by atoms with Gasteiger partial charge in [-0.2, -0.15) is 4.98 Å². The number of hydrogen-bond donors (Lipinski definition) is 1. The number of aromatic nitrogens is 2. The van der Waals surface area contributed by atoms with Crippen molar-refractivity contribution < 1.29 is 18.1 Å². The smallest absolute Gasteiger partial charge is 0.262 e. The van der Waals surface area contributed by atoms with E-state index in [0.717, 1.165) is 0 Å². The number of halogens is 2. The molecule has 2 fully saturated rings. The van der Waals surface area contributed by atoms with E-state index in [9.17, 15) is 13.6 Å². The van der Waals surface area contributed by atoms with Gasteiger partial charge in [0.15, 0.2) is 5.82 Å². The van der Waals surface area contributed by atoms with Crippen molar-refractivity contribution in [1.82, 2.24) is 25.3 Å². The fraction of sp³-hybridized carbons (Fsp3) is 0.769. The molecule has 7 nitrogen and oxygen atoms in total. The number of carbonyl (C=O) groups is 1. The summed E-state index contributed by atoms with van der Waals surface area (Å²) in [6.07, 6.45) is -0.409. The van der Waals surface area contributed by atoms with E-state index in [-0.39, 0.29) is 5.91 Å². The second-order valence-corrected chi connectivity index (χ2v) is 5.82. The summed E-state index contributed by atoms with van der Waals surface area (Å²) in [7, 11) is 0. The fourth-order valence-electron chi connectivity index (χ4n) is 2.84. The van der Waals surface area contributed by atoms with Gasteiger partial charge in [-0.1, -0.05) is 5.16 Å². The highest BCUT2D eigenvalue weighted by atomic mass is 19.3. The molecule has 1 aromatic rings. The van der Waals surface area contributed by atoms with Crippen molar-refractivity contribution >= 4 is 5.91 Å². The molecule has 0 aromatic carbocycles. The zero-order chi connectivity index (χ0) is 15.7. The van der Waals surface area contributed by atoms with Gasteiger partial charge < -0.3 is 9.42 Å². The molecule has 2 aliphatic heterocycles. The molecular weight excluding hydrogens is 296 g/mol. The highest BCUT2D eigenvalue weighted by Gasteiger charge is 2.43. The number of carbonyl (C=O) groups excluding carboxylic acids is 1. The minimum atomic E-state index is -2.78. The Morgan fingerprint density at radius 2 is 2.14 bits per heavy atom. The average molecular weight is 315 g/mol. The van der Waals surface area contributed by atoms with E-state index in [0.29, 0.717) is 44.4 Å². The summed E-state index contributed by atoms with van der Waals surface area (Å²) in [6, 6.07) is -0.763. The molecule has 2 aliphatic rings. The molecule has 0 radical (unpaired) electrons. The predicted octanol–water partition coefficient (Wildman–Crippen LogP) is 0.0194. The molecule has 0 saturated carbocycles. The van der Waals surface area contributed by atoms with E-state index in [4.69, 9.17) is 4.52 Å². The van der Waals surface area contributed by atoms with Crippen molar-refractivity contribution in [2.24, 2.45) is 0 Å². The van der Waals surface area contributed by atoms with E-state index in [1.165, 1.54) is 0 Å². The van der Waals surface area contributed by atoms with E-state index in [1.807, 2.05) is 0 Å². The van der Waals surface area contributed by atoms with Gasteiger partial charge in [-0.15, -0.1) is 0 Å². The Balaban J connectivity index is 1.48. The maximum Gasteiger partial charge on any atom is 0.262 e. The third-order valence-electron chi connectivity index (χ3n) is 4.03. The van der Waals surface area contributed by atoms with Crippen molar-refractivity contribution in [3.8, 4) is 0 Å². The molecule has 0 aliphatic carbocycles. The lowest BCUT2D eigenvalue weighted by Crippen LogP contribution is -2.52. The van der Waals surface area contributed by atoms with Crippen LogP contribution >= 0.6 is 0 Å². The first-order valence-corrected chi connectivity index (χ1v) is 7.34. The van der Waals surface area contributed by atoms with E-state index >= 15 is 0 Å². The Hall–Kier alpha value is -1.61. The van der Waals surface area contributed by atoms with E-state index < -0.39 is 24.9 Å². The highest BCUT2D eigenvalue weighted by Crippen LogP contribution is 2.26. The van der Waals surface area contributed by atoms with Crippen molar-refractivity contribution in [1.29, 1.82) is 0 Å². The van der Waals surface area contributed by atoms with Crippen LogP contribution in [0.15, 0.2) is 4.52 Å². The Labute approximate surface area is 126 Å². The first kappa shape index (κ1) is 15.3. The van der Waals surface area contributed by atoms with Gasteiger partial charge in [-0.25, -0.2) is 8.78 Å². The van der Waals surface area contributed by atoms with Crippen LogP contribution in [0.4, 0.5) is 8.78 Å². The van der Waals surface area contributed by atoms with Gasteiger partial charge in [0.05, 0.1) is 19.1 Å². The maximum absolute atomic E-state index is 13.2. The molecule has 1 atom stereocenters. The predicted molar refractivity (Wildman–Crippen MR) is 72.2 cm³/mol. The van der Waals surface area contributed by atoms with Crippen molar-refractivity contribution in [2.75, 3.05) is 32.7 Å². The number of hydrogen-bond acceptors (Lipinski definition) is 6. The SMILES string of the molecule is Cc1nc(CN2CCN(C(=O)C3CC(F)(F)CN3)CC2)no1. The standard InChI is InChI=1S/C13H19F2N5O2/c1-9-17-11(18-22-9)7-19-2-4-20(5-3-19)12(21)10-6-13(14,15)8-16-10/h10,16H,2-8H2,1H3. The topological polar surface area (TPSA) is 74.5 Å². The minimum absolute atomic E-state index is 0.229. The van der Waals surface area contributed by atoms with Crippen LogP contribution in [-0.4, -0.2) is 70.5 Å². The second kappa shape index (κ2) is 5.88. The highest BCUT2D eigenvalue weighted by molar-refractivity contribution is 5.82. The fourth-order valence-corrected chi connectivity index (χ4v) is 2.84. The number of aryl methyl sites for hydroxylation is 1. The van der Waals surface area contributed by atoms with Crippen LogP contribution < -0.4 is 5.32 Å². The first-order valence-electron chi connectivity index (χ1n) is 7.34. The van der Waals surface area contributed by atoms with Crippen LogP contribution in [0.1, 0.15) is 18.1 Å². The molecule has 122 valence electrons. The molecule has 1 N–H and O–H groups in total. The molecule has 9 heteroatoms. The Morgan fingerprint density at radius 1 is 1.41 bits per heavy atom. The van der Waals surface area contributed by atoms with Crippen LogP contribution in [0, 0.1) is 6.92 Å². The van der Waals surface area contributed by atoms with Crippen molar-refractivity contribution in [3.63, 3.8) is 0 Å². The average Bonchev–Trinajstić information content (AvgIpc) is 3.04. The van der Waals surface area contributed by atoms with Crippen LogP contribution in [0.2, 0.25) is 0 Å². The lowest BCUT2D eigenvalue weighted by molar-refractivity contribution is -0.135. The van der Waals surface area contributed by atoms with Crippen molar-refractivity contribution in [3.05, 3.63) is 11.7 Å². The summed E-state index contributed by atoms with van der Waals surface area (Å²) in [5, 5.41) is 6.45. The number of rotatable bonds is 3. The second-order valence-electron chi connectivity index (χ2n) is 5.82. The zero-order valence-electron chi connectivity index (χ0n) is 12.4. The molecule has 0 bridgehead atoms. The van der Waals surface area contributed by atoms with Crippen LogP contribution in [-0.2, 0) is 11.3 Å². The Kier molecular flexibility index (Phi) is 4.09. The van der Waals surface area contributed by atoms with Gasteiger partial charge >= 0.3 is 0 Å². The van der Waals surface area contributed by atoms with E-state index in [2.05, 4.69) is 20.4 Å². The Bertz CT molecular complexity index is 542. The third kappa shape index (κ3) is 3.41. The number of piperazine rings is 1. The lowest BCUT2D eigenvalue weighted by atomic mass is 10.1. The molecule has 1 amide bonds. The number of nitrogens with zero attached hydrogens (tertiary/aromatic N) is 4. The third-order valence-corrected chi connectivity index (χ3v) is 4.03. The molecule has 1 unspecified atom stereocenters. The summed E-state index contributed by atoms with van der Waals surface area (Å²) in [5.41, 5.74) is 0. The summed E-state index contributed by atoms with van der Waals surface area (Å²) < 4.78 is 31.2. The van der Waals surface area contributed by atoms with Crippen LogP contribution in [0.25, 0.3) is 0 Å². The minimum Gasteiger partial charge on any atom is -0.340 e. The summed E-state index contributed by atoms with van der Waals surface area (Å²) in [4.78, 5) is 20.1. The molecular formula is C13H19F2N5O2. The van der Waals surface area contributed by atoms with Crippen molar-refractivity contribution in [2.45, 2.75) is 31.9 Å². The van der Waals surface area contributed by atoms with Gasteiger partial charge in [0.25, 0.3) is 5.92 Å². The molecule has 1 aromatic heterocycles. The number of alkyl halides is 2. The van der Waals surface area contributed by atoms with Gasteiger partial charge in [0.2, 0.25) is 11.8 Å². The van der Waals surface area contributed by atoms with Crippen LogP contribution in [0.5, 0.6) is 0 Å². The molecule has 0 spiro atoms. The summed E-state index contributed by atoms with van der Waals surface area (Å²) >= 11 is 0. The molecule has 2 saturated heterocycles. The molecule has 3 heterocycles. The molecule has 22 heavy (non-hydrogen) atoms. The summed E-state index contributed by atoms with van der Waals surface area (Å²) in [6.45, 7) is 4.28. The van der Waals surface area contributed by atoms with Gasteiger partial charge in [0, 0.05) is 39.5 Å². The van der Waals surface area contributed by atoms with Gasteiger partial charge in [-0.05, 0) is 0 Å². The largest absolute Gasteiger partial charge is 0.340 e. The monoisotopic (exact) mass is 315 g/mol. The van der Waals surface area contributed by atoms with E-state index in [1.54, 1.807) is 11.8 Å². The normalized spacial score (nSPS) is 25.6. The lowest BCUT2D eigenvalue weighted by Gasteiger charge is -2.35. The first-order chi connectivity index (χ1) is 10.4.